The van der Waals surface area contributed by atoms with Crippen LogP contribution in [0, 0.1) is 0 Å². The number of amides is 1. The molecular weight excluding hydrogens is 244 g/mol. The van der Waals surface area contributed by atoms with E-state index < -0.39 is 22.0 Å². The van der Waals surface area contributed by atoms with Crippen molar-refractivity contribution in [3.05, 3.63) is 0 Å². The summed E-state index contributed by atoms with van der Waals surface area (Å²) in [4.78, 5) is 11.5. The number of carbonyl (C=O) groups is 1. The number of carbonyl (C=O) groups excluding carboxylic acids is 1. The molecule has 0 radical (unpaired) electrons. The highest BCUT2D eigenvalue weighted by Crippen LogP contribution is 1.99. The quantitative estimate of drug-likeness (QED) is 0.549. The van der Waals surface area contributed by atoms with Crippen LogP contribution in [0.4, 0.5) is 0 Å². The largest absolute Gasteiger partial charge is 0.393 e. The highest BCUT2D eigenvalue weighted by molar-refractivity contribution is 7.90. The number of nitrogens with two attached hydrogens (primary N) is 1. The van der Waals surface area contributed by atoms with Gasteiger partial charge in [0.25, 0.3) is 0 Å². The summed E-state index contributed by atoms with van der Waals surface area (Å²) in [6.07, 6.45) is 1.14. The van der Waals surface area contributed by atoms with Gasteiger partial charge in [0.1, 0.15) is 9.84 Å². The minimum Gasteiger partial charge on any atom is -0.393 e. The molecule has 0 saturated heterocycles. The first-order valence-electron chi connectivity index (χ1n) is 5.53. The number of hydrogen-bond donors (Lipinski definition) is 3. The predicted molar refractivity (Wildman–Crippen MR) is 66.2 cm³/mol. The van der Waals surface area contributed by atoms with Gasteiger partial charge in [-0.2, -0.15) is 0 Å². The Kier molecular flexibility index (Phi) is 6.66. The first kappa shape index (κ1) is 16.3. The molecule has 0 aliphatic rings. The second-order valence-corrected chi connectivity index (χ2v) is 6.78. The Bertz CT molecular complexity index is 340. The molecule has 0 rings (SSSR count). The summed E-state index contributed by atoms with van der Waals surface area (Å²) in [7, 11) is -3.10. The van der Waals surface area contributed by atoms with E-state index >= 15 is 0 Å². The highest BCUT2D eigenvalue weighted by Gasteiger charge is 2.18. The van der Waals surface area contributed by atoms with E-state index in [-0.39, 0.29) is 24.1 Å². The van der Waals surface area contributed by atoms with Gasteiger partial charge in [-0.1, -0.05) is 0 Å². The maximum Gasteiger partial charge on any atom is 0.237 e. The van der Waals surface area contributed by atoms with Crippen LogP contribution in [-0.2, 0) is 14.6 Å². The third-order valence-corrected chi connectivity index (χ3v) is 3.20. The van der Waals surface area contributed by atoms with Gasteiger partial charge in [0.15, 0.2) is 0 Å². The molecule has 1 amide bonds. The van der Waals surface area contributed by atoms with E-state index in [0.29, 0.717) is 6.42 Å². The normalized spacial score (nSPS) is 17.2. The van der Waals surface area contributed by atoms with E-state index in [4.69, 9.17) is 10.8 Å². The number of hydrogen-bond acceptors (Lipinski definition) is 5. The first-order chi connectivity index (χ1) is 7.61. The molecule has 0 aromatic heterocycles. The van der Waals surface area contributed by atoms with Crippen molar-refractivity contribution in [3.63, 3.8) is 0 Å². The lowest BCUT2D eigenvalue weighted by molar-refractivity contribution is -0.123. The van der Waals surface area contributed by atoms with Crippen molar-refractivity contribution in [2.75, 3.05) is 12.0 Å². The molecule has 0 aliphatic carbocycles. The maximum absolute atomic E-state index is 11.5. The minimum absolute atomic E-state index is 0.103. The summed E-state index contributed by atoms with van der Waals surface area (Å²) in [5, 5.41) is 11.8. The molecule has 0 aliphatic heterocycles. The SMILES string of the molecule is CC(O)CC(C)NC(=O)C(N)CCS(C)(=O)=O. The molecule has 0 bridgehead atoms. The standard InChI is InChI=1S/C10H22N2O4S/c1-7(6-8(2)13)12-10(14)9(11)4-5-17(3,15)16/h7-9,13H,4-6,11H2,1-3H3,(H,12,14). The van der Waals surface area contributed by atoms with Gasteiger partial charge in [0.05, 0.1) is 17.9 Å². The summed E-state index contributed by atoms with van der Waals surface area (Å²) in [6.45, 7) is 3.39. The average molecular weight is 266 g/mol. The molecule has 0 fully saturated rings. The van der Waals surface area contributed by atoms with E-state index in [1.165, 1.54) is 0 Å². The molecule has 3 atom stereocenters. The second-order valence-electron chi connectivity index (χ2n) is 4.52. The van der Waals surface area contributed by atoms with Gasteiger partial charge in [-0.15, -0.1) is 0 Å². The van der Waals surface area contributed by atoms with Crippen LogP contribution in [-0.4, -0.2) is 49.6 Å². The van der Waals surface area contributed by atoms with Gasteiger partial charge in [-0.05, 0) is 26.7 Å². The Hall–Kier alpha value is -0.660. The lowest BCUT2D eigenvalue weighted by atomic mass is 10.1. The van der Waals surface area contributed by atoms with Crippen LogP contribution in [0.5, 0.6) is 0 Å². The monoisotopic (exact) mass is 266 g/mol. The third-order valence-electron chi connectivity index (χ3n) is 2.22. The van der Waals surface area contributed by atoms with Crippen LogP contribution in [0.3, 0.4) is 0 Å². The van der Waals surface area contributed by atoms with E-state index in [2.05, 4.69) is 5.32 Å². The predicted octanol–water partition coefficient (Wildman–Crippen LogP) is -0.976. The molecule has 0 heterocycles. The third kappa shape index (κ3) is 9.08. The van der Waals surface area contributed by atoms with Gasteiger partial charge in [-0.25, -0.2) is 8.42 Å². The van der Waals surface area contributed by atoms with Crippen molar-refractivity contribution in [2.24, 2.45) is 5.73 Å². The fraction of sp³-hybridized carbons (Fsp3) is 0.900. The van der Waals surface area contributed by atoms with Crippen LogP contribution < -0.4 is 11.1 Å². The van der Waals surface area contributed by atoms with Crippen LogP contribution in [0.25, 0.3) is 0 Å². The van der Waals surface area contributed by atoms with Crippen molar-refractivity contribution < 1.29 is 18.3 Å². The Morgan fingerprint density at radius 3 is 2.35 bits per heavy atom. The molecule has 0 aromatic rings. The second kappa shape index (κ2) is 6.93. The van der Waals surface area contributed by atoms with Gasteiger partial charge >= 0.3 is 0 Å². The first-order valence-corrected chi connectivity index (χ1v) is 7.59. The average Bonchev–Trinajstić information content (AvgIpc) is 2.11. The molecule has 102 valence electrons. The van der Waals surface area contributed by atoms with Crippen molar-refractivity contribution in [3.8, 4) is 0 Å². The molecule has 4 N–H and O–H groups in total. The molecule has 17 heavy (non-hydrogen) atoms. The summed E-state index contributed by atoms with van der Waals surface area (Å²) in [6, 6.07) is -1.02. The van der Waals surface area contributed by atoms with Crippen molar-refractivity contribution in [1.82, 2.24) is 5.32 Å². The molecule has 0 aromatic carbocycles. The van der Waals surface area contributed by atoms with Crippen molar-refractivity contribution >= 4 is 15.7 Å². The Morgan fingerprint density at radius 2 is 1.94 bits per heavy atom. The Labute approximate surface area is 102 Å². The van der Waals surface area contributed by atoms with E-state index in [9.17, 15) is 13.2 Å². The molecule has 0 spiro atoms. The lowest BCUT2D eigenvalue weighted by Crippen LogP contribution is -2.45. The van der Waals surface area contributed by atoms with Gasteiger partial charge < -0.3 is 16.2 Å². The maximum atomic E-state index is 11.5. The number of rotatable bonds is 7. The molecular formula is C10H22N2O4S. The van der Waals surface area contributed by atoms with Gasteiger partial charge in [0.2, 0.25) is 5.91 Å². The zero-order valence-electron chi connectivity index (χ0n) is 10.5. The van der Waals surface area contributed by atoms with Crippen LogP contribution in [0.1, 0.15) is 26.7 Å². The number of aliphatic hydroxyl groups is 1. The summed E-state index contributed by atoms with van der Waals surface area (Å²) in [5.74, 6) is -0.492. The zero-order valence-corrected chi connectivity index (χ0v) is 11.3. The van der Waals surface area contributed by atoms with Gasteiger partial charge in [-0.3, -0.25) is 4.79 Å². The molecule has 0 saturated carbocycles. The van der Waals surface area contributed by atoms with E-state index in [0.717, 1.165) is 6.26 Å². The van der Waals surface area contributed by atoms with E-state index in [1.807, 2.05) is 0 Å². The van der Waals surface area contributed by atoms with Crippen molar-refractivity contribution in [2.45, 2.75) is 44.9 Å². The Balaban J connectivity index is 4.05. The smallest absolute Gasteiger partial charge is 0.237 e. The van der Waals surface area contributed by atoms with Crippen LogP contribution in [0.2, 0.25) is 0 Å². The highest BCUT2D eigenvalue weighted by atomic mass is 32.2. The van der Waals surface area contributed by atoms with Crippen molar-refractivity contribution in [1.29, 1.82) is 0 Å². The summed E-state index contributed by atoms with van der Waals surface area (Å²) in [5.41, 5.74) is 5.56. The summed E-state index contributed by atoms with van der Waals surface area (Å²) < 4.78 is 21.8. The van der Waals surface area contributed by atoms with Gasteiger partial charge in [0, 0.05) is 12.3 Å². The number of sulfone groups is 1. The lowest BCUT2D eigenvalue weighted by Gasteiger charge is -2.18. The summed E-state index contributed by atoms with van der Waals surface area (Å²) >= 11 is 0. The minimum atomic E-state index is -3.10. The van der Waals surface area contributed by atoms with E-state index in [1.54, 1.807) is 13.8 Å². The molecule has 3 unspecified atom stereocenters. The number of aliphatic hydroxyl groups excluding tert-OH is 1. The van der Waals surface area contributed by atoms with Crippen LogP contribution >= 0.6 is 0 Å². The fourth-order valence-corrected chi connectivity index (χ4v) is 2.07. The van der Waals surface area contributed by atoms with Crippen LogP contribution in [0.15, 0.2) is 0 Å². The fourth-order valence-electron chi connectivity index (χ4n) is 1.39. The molecule has 7 heteroatoms. The zero-order chi connectivity index (χ0) is 13.6. The number of nitrogens with one attached hydrogen (secondary N) is 1. The molecule has 6 nitrogen and oxygen atoms in total. The topological polar surface area (TPSA) is 109 Å². The Morgan fingerprint density at radius 1 is 1.41 bits per heavy atom.